The van der Waals surface area contributed by atoms with Gasteiger partial charge >= 0.3 is 0 Å². The van der Waals surface area contributed by atoms with Crippen molar-refractivity contribution >= 4 is 71.1 Å². The normalized spacial score (nSPS) is 11.6. The third-order valence-electron chi connectivity index (χ3n) is 11.1. The van der Waals surface area contributed by atoms with Crippen LogP contribution in [-0.4, -0.2) is 13.7 Å². The molecule has 0 N–H and O–H groups in total. The van der Waals surface area contributed by atoms with Gasteiger partial charge < -0.3 is 13.7 Å². The van der Waals surface area contributed by atoms with Crippen LogP contribution in [0.4, 0.5) is 5.69 Å². The van der Waals surface area contributed by atoms with E-state index < -0.39 is 0 Å². The van der Waals surface area contributed by atoms with Crippen molar-refractivity contribution < 1.29 is 0 Å². The molecule has 3 aromatic heterocycles. The average Bonchev–Trinajstić information content (AvgIpc) is 3.89. The highest BCUT2D eigenvalue weighted by molar-refractivity contribution is 6.15. The number of fused-ring (bicyclic) bond motifs is 9. The Morgan fingerprint density at radius 2 is 0.964 bits per heavy atom. The molecule has 0 amide bonds. The van der Waals surface area contributed by atoms with Crippen molar-refractivity contribution in [2.75, 3.05) is 0 Å². The summed E-state index contributed by atoms with van der Waals surface area (Å²) in [5.74, 6) is 0. The predicted octanol–water partition coefficient (Wildman–Crippen LogP) is 13.1. The number of para-hydroxylation sites is 4. The van der Waals surface area contributed by atoms with E-state index in [0.717, 1.165) is 71.8 Å². The highest BCUT2D eigenvalue weighted by Gasteiger charge is 2.20. The van der Waals surface area contributed by atoms with Crippen molar-refractivity contribution in [2.24, 2.45) is 0 Å². The Hall–Kier alpha value is -7.86. The van der Waals surface area contributed by atoms with Crippen LogP contribution in [0.25, 0.3) is 98.5 Å². The van der Waals surface area contributed by atoms with Crippen molar-refractivity contribution in [1.82, 2.24) is 13.7 Å². The Balaban J connectivity index is 1.10. The Kier molecular flexibility index (Phi) is 6.61. The van der Waals surface area contributed by atoms with E-state index in [4.69, 9.17) is 6.57 Å². The number of hydrogen-bond acceptors (Lipinski definition) is 1. The lowest BCUT2D eigenvalue weighted by Gasteiger charge is -2.16. The summed E-state index contributed by atoms with van der Waals surface area (Å²) in [5, 5.41) is 16.9. The van der Waals surface area contributed by atoms with Gasteiger partial charge in [0.15, 0.2) is 5.69 Å². The van der Waals surface area contributed by atoms with Gasteiger partial charge in [0.05, 0.1) is 51.5 Å². The molecular weight excluding hydrogens is 671 g/mol. The maximum Gasteiger partial charge on any atom is 0.197 e. The molecule has 55 heavy (non-hydrogen) atoms. The maximum absolute atomic E-state index is 10.1. The fraction of sp³-hybridized carbons (Fsp3) is 0. The lowest BCUT2D eigenvalue weighted by atomic mass is 10.00. The maximum atomic E-state index is 10.1. The van der Waals surface area contributed by atoms with Gasteiger partial charge in [0.1, 0.15) is 0 Å². The van der Waals surface area contributed by atoms with E-state index in [1.165, 1.54) is 21.8 Å². The number of aromatic nitrogens is 3. The molecule has 0 saturated carbocycles. The van der Waals surface area contributed by atoms with Gasteiger partial charge in [-0.3, -0.25) is 0 Å². The van der Waals surface area contributed by atoms with Crippen LogP contribution in [0.2, 0.25) is 0 Å². The SMILES string of the molecule is [C-]#[N+]c1cccc2c1c1ccccc1n2-c1ccc(-c2cc(C#N)ccc2-n2c3ccccc3c3cc(-n4c5ccccc5c5ccccc54)ccc32)cc1. The minimum atomic E-state index is 0.603. The zero-order valence-electron chi connectivity index (χ0n) is 29.5. The molecule has 5 heteroatoms. The number of nitriles is 1. The number of hydrogen-bond donors (Lipinski definition) is 0. The van der Waals surface area contributed by atoms with E-state index in [0.29, 0.717) is 11.3 Å². The molecule has 0 aliphatic rings. The first-order valence-electron chi connectivity index (χ1n) is 18.3. The molecule has 0 unspecified atom stereocenters. The van der Waals surface area contributed by atoms with E-state index in [1.54, 1.807) is 0 Å². The summed E-state index contributed by atoms with van der Waals surface area (Å²) >= 11 is 0. The van der Waals surface area contributed by atoms with E-state index in [-0.39, 0.29) is 0 Å². The number of rotatable bonds is 4. The van der Waals surface area contributed by atoms with Crippen molar-refractivity contribution in [3.05, 3.63) is 193 Å². The molecule has 0 saturated heterocycles. The molecule has 0 radical (unpaired) electrons. The molecule has 0 spiro atoms. The van der Waals surface area contributed by atoms with Crippen molar-refractivity contribution in [1.29, 1.82) is 5.26 Å². The highest BCUT2D eigenvalue weighted by atomic mass is 15.0. The van der Waals surface area contributed by atoms with Crippen molar-refractivity contribution in [2.45, 2.75) is 0 Å². The lowest BCUT2D eigenvalue weighted by molar-refractivity contribution is 1.16. The molecule has 5 nitrogen and oxygen atoms in total. The van der Waals surface area contributed by atoms with Gasteiger partial charge in [-0.2, -0.15) is 5.26 Å². The largest absolute Gasteiger partial charge is 0.311 e. The van der Waals surface area contributed by atoms with Gasteiger partial charge in [0, 0.05) is 49.4 Å². The van der Waals surface area contributed by atoms with Crippen molar-refractivity contribution in [3.8, 4) is 34.3 Å². The minimum Gasteiger partial charge on any atom is -0.311 e. The molecule has 3 heterocycles. The van der Waals surface area contributed by atoms with E-state index >= 15 is 0 Å². The quantitative estimate of drug-likeness (QED) is 0.169. The van der Waals surface area contributed by atoms with Crippen LogP contribution in [0, 0.1) is 17.9 Å². The molecule has 11 aromatic rings. The van der Waals surface area contributed by atoms with Crippen LogP contribution in [-0.2, 0) is 0 Å². The summed E-state index contributed by atoms with van der Waals surface area (Å²) < 4.78 is 6.94. The van der Waals surface area contributed by atoms with Crippen LogP contribution in [0.3, 0.4) is 0 Å². The third-order valence-corrected chi connectivity index (χ3v) is 11.1. The first kappa shape index (κ1) is 30.7. The fourth-order valence-electron chi connectivity index (χ4n) is 8.75. The summed E-state index contributed by atoms with van der Waals surface area (Å²) in [4.78, 5) is 3.85. The molecule has 8 aromatic carbocycles. The summed E-state index contributed by atoms with van der Waals surface area (Å²) in [5.41, 5.74) is 12.9. The number of benzene rings is 8. The molecule has 0 fully saturated rings. The van der Waals surface area contributed by atoms with Gasteiger partial charge in [0.2, 0.25) is 0 Å². The van der Waals surface area contributed by atoms with Crippen LogP contribution in [0.5, 0.6) is 0 Å². The van der Waals surface area contributed by atoms with Gasteiger partial charge in [0.25, 0.3) is 0 Å². The first-order valence-corrected chi connectivity index (χ1v) is 18.3. The minimum absolute atomic E-state index is 0.603. The van der Waals surface area contributed by atoms with Gasteiger partial charge in [-0.25, -0.2) is 4.85 Å². The van der Waals surface area contributed by atoms with Crippen LogP contribution in [0.1, 0.15) is 5.56 Å². The van der Waals surface area contributed by atoms with Crippen LogP contribution in [0.15, 0.2) is 176 Å². The molecule has 11 rings (SSSR count). The van der Waals surface area contributed by atoms with Gasteiger partial charge in [-0.1, -0.05) is 97.1 Å². The fourth-order valence-corrected chi connectivity index (χ4v) is 8.75. The molecule has 254 valence electrons. The Morgan fingerprint density at radius 3 is 1.62 bits per heavy atom. The summed E-state index contributed by atoms with van der Waals surface area (Å²) in [6.45, 7) is 7.84. The smallest absolute Gasteiger partial charge is 0.197 e. The Labute approximate surface area is 316 Å². The molecule has 0 bridgehead atoms. The average molecular weight is 700 g/mol. The van der Waals surface area contributed by atoms with Gasteiger partial charge in [-0.05, 0) is 89.8 Å². The summed E-state index contributed by atoms with van der Waals surface area (Å²) in [6.07, 6.45) is 0. The second-order valence-corrected chi connectivity index (χ2v) is 13.9. The van der Waals surface area contributed by atoms with E-state index in [2.05, 4.69) is 164 Å². The Morgan fingerprint density at radius 1 is 0.436 bits per heavy atom. The summed E-state index contributed by atoms with van der Waals surface area (Å²) in [6, 6.07) is 63.7. The van der Waals surface area contributed by atoms with E-state index in [1.807, 2.05) is 36.4 Å². The molecule has 0 atom stereocenters. The molecule has 0 aliphatic heterocycles. The predicted molar refractivity (Wildman–Crippen MR) is 226 cm³/mol. The van der Waals surface area contributed by atoms with Crippen molar-refractivity contribution in [3.63, 3.8) is 0 Å². The standard InChI is InChI=1S/C50H29N5/c1-52-42-15-10-20-49-50(42)39-14-5-9-19-46(39)53(49)34-24-22-33(23-25-34)40-29-32(31-51)21-27-47(40)55-45-18-8-4-13-38(45)41-30-35(26-28-48(41)55)54-43-16-6-2-11-36(43)37-12-3-7-17-44(37)54/h2-30H. The topological polar surface area (TPSA) is 42.9 Å². The van der Waals surface area contributed by atoms with Gasteiger partial charge in [-0.15, -0.1) is 0 Å². The second kappa shape index (κ2) is 11.8. The molecule has 0 aliphatic carbocycles. The zero-order chi connectivity index (χ0) is 36.6. The van der Waals surface area contributed by atoms with E-state index in [9.17, 15) is 5.26 Å². The molecular formula is C50H29N5. The highest BCUT2D eigenvalue weighted by Crippen LogP contribution is 2.41. The second-order valence-electron chi connectivity index (χ2n) is 13.9. The lowest BCUT2D eigenvalue weighted by Crippen LogP contribution is -1.99. The van der Waals surface area contributed by atoms with Crippen LogP contribution >= 0.6 is 0 Å². The van der Waals surface area contributed by atoms with Crippen LogP contribution < -0.4 is 0 Å². The Bertz CT molecular complexity index is 3400. The third kappa shape index (κ3) is 4.45. The zero-order valence-corrected chi connectivity index (χ0v) is 29.5. The first-order chi connectivity index (χ1) is 27.2. The number of nitrogens with zero attached hydrogens (tertiary/aromatic N) is 5. The summed E-state index contributed by atoms with van der Waals surface area (Å²) in [7, 11) is 0. The monoisotopic (exact) mass is 699 g/mol.